The van der Waals surface area contributed by atoms with Crippen LogP contribution in [0.5, 0.6) is 0 Å². The number of nitrogens with zero attached hydrogens (tertiary/aromatic N) is 4. The Balaban J connectivity index is 1.66. The van der Waals surface area contributed by atoms with Crippen LogP contribution in [0.3, 0.4) is 0 Å². The monoisotopic (exact) mass is 504 g/mol. The third-order valence-electron chi connectivity index (χ3n) is 5.92. The number of rotatable bonds is 5. The number of aromatic nitrogens is 3. The third kappa shape index (κ3) is 4.96. The van der Waals surface area contributed by atoms with E-state index in [2.05, 4.69) is 25.6 Å². The van der Waals surface area contributed by atoms with Crippen molar-refractivity contribution in [1.82, 2.24) is 15.0 Å². The summed E-state index contributed by atoms with van der Waals surface area (Å²) in [6.07, 6.45) is 4.84. The van der Waals surface area contributed by atoms with Crippen LogP contribution in [-0.4, -0.2) is 20.9 Å². The van der Waals surface area contributed by atoms with Gasteiger partial charge in [-0.2, -0.15) is 5.26 Å². The summed E-state index contributed by atoms with van der Waals surface area (Å²) >= 11 is 6.88. The number of nitriles is 1. The number of carbonyl (C=O) groups excluding carboxylic acids is 1. The maximum Gasteiger partial charge on any atom is 0.275 e. The smallest absolute Gasteiger partial charge is 0.275 e. The fourth-order valence-corrected chi connectivity index (χ4v) is 4.23. The van der Waals surface area contributed by atoms with Gasteiger partial charge in [-0.15, -0.1) is 0 Å². The second-order valence-corrected chi connectivity index (χ2v) is 8.94. The fourth-order valence-electron chi connectivity index (χ4n) is 3.96. The van der Waals surface area contributed by atoms with Crippen LogP contribution in [0.2, 0.25) is 5.02 Å². The molecule has 8 heteroatoms. The first-order valence-electron chi connectivity index (χ1n) is 11.5. The Morgan fingerprint density at radius 1 is 1.00 bits per heavy atom. The minimum Gasteiger partial charge on any atom is -0.353 e. The van der Waals surface area contributed by atoms with Crippen LogP contribution in [0, 0.1) is 25.2 Å². The lowest BCUT2D eigenvalue weighted by molar-refractivity contribution is 0.102. The average molecular weight is 505 g/mol. The lowest BCUT2D eigenvalue weighted by Crippen LogP contribution is -2.15. The van der Waals surface area contributed by atoms with Crippen LogP contribution in [-0.2, 0) is 0 Å². The van der Waals surface area contributed by atoms with Crippen molar-refractivity contribution in [3.63, 3.8) is 0 Å². The molecule has 3 aromatic heterocycles. The quantitative estimate of drug-likeness (QED) is 0.272. The van der Waals surface area contributed by atoms with E-state index in [9.17, 15) is 4.79 Å². The summed E-state index contributed by atoms with van der Waals surface area (Å²) in [5.41, 5.74) is 6.85. The predicted molar refractivity (Wildman–Crippen MR) is 146 cm³/mol. The summed E-state index contributed by atoms with van der Waals surface area (Å²) in [6, 6.07) is 20.8. The van der Waals surface area contributed by atoms with Gasteiger partial charge >= 0.3 is 0 Å². The zero-order valence-electron chi connectivity index (χ0n) is 20.1. The van der Waals surface area contributed by atoms with Crippen molar-refractivity contribution in [3.05, 3.63) is 107 Å². The number of amides is 1. The first-order valence-corrected chi connectivity index (χ1v) is 11.9. The van der Waals surface area contributed by atoms with E-state index in [0.29, 0.717) is 22.6 Å². The molecule has 7 nitrogen and oxygen atoms in total. The SMILES string of the molecule is Cc1ccc(C)c(Nc2c(Cl)c(C(=O)Nc3cccnc3)nc3ccc(-c4ccc(C#N)nc4)cc23)c1. The second-order valence-electron chi connectivity index (χ2n) is 8.56. The molecule has 0 radical (unpaired) electrons. The van der Waals surface area contributed by atoms with E-state index in [4.69, 9.17) is 16.9 Å². The lowest BCUT2D eigenvalue weighted by atomic mass is 10.0. The number of pyridine rings is 3. The molecule has 5 rings (SSSR count). The number of benzene rings is 2. The van der Waals surface area contributed by atoms with Gasteiger partial charge in [0, 0.05) is 29.0 Å². The van der Waals surface area contributed by atoms with E-state index in [-0.39, 0.29) is 10.7 Å². The number of halogens is 1. The van der Waals surface area contributed by atoms with Crippen molar-refractivity contribution < 1.29 is 4.79 Å². The largest absolute Gasteiger partial charge is 0.353 e. The van der Waals surface area contributed by atoms with Gasteiger partial charge in [-0.3, -0.25) is 9.78 Å². The number of hydrogen-bond acceptors (Lipinski definition) is 6. The van der Waals surface area contributed by atoms with Gasteiger partial charge in [0.2, 0.25) is 0 Å². The summed E-state index contributed by atoms with van der Waals surface area (Å²) < 4.78 is 0. The number of fused-ring (bicyclic) bond motifs is 1. The van der Waals surface area contributed by atoms with Gasteiger partial charge in [0.1, 0.15) is 17.5 Å². The van der Waals surface area contributed by atoms with Crippen molar-refractivity contribution in [3.8, 4) is 17.2 Å². The van der Waals surface area contributed by atoms with Gasteiger partial charge < -0.3 is 10.6 Å². The zero-order chi connectivity index (χ0) is 25.9. The van der Waals surface area contributed by atoms with Gasteiger partial charge in [-0.05, 0) is 73.0 Å². The molecule has 2 aromatic carbocycles. The number of nitrogens with one attached hydrogen (secondary N) is 2. The van der Waals surface area contributed by atoms with Gasteiger partial charge in [0.05, 0.1) is 28.1 Å². The molecule has 0 aliphatic heterocycles. The predicted octanol–water partition coefficient (Wildman–Crippen LogP) is 6.83. The maximum atomic E-state index is 13.2. The molecule has 0 atom stereocenters. The van der Waals surface area contributed by atoms with Crippen LogP contribution >= 0.6 is 11.6 Å². The standard InChI is InChI=1S/C29H21ClN6O/c1-17-5-6-18(2)25(12-17)36-27-23-13-19(20-7-9-21(14-31)33-15-20)8-10-24(23)35-28(26(27)30)29(37)34-22-4-3-11-32-16-22/h3-13,15-16H,1-2H3,(H,34,37)(H,35,36). The van der Waals surface area contributed by atoms with Crippen molar-refractivity contribution in [2.75, 3.05) is 10.6 Å². The minimum absolute atomic E-state index is 0.0959. The molecule has 37 heavy (non-hydrogen) atoms. The van der Waals surface area contributed by atoms with Crippen molar-refractivity contribution >= 4 is 45.5 Å². The lowest BCUT2D eigenvalue weighted by Gasteiger charge is -2.17. The van der Waals surface area contributed by atoms with E-state index < -0.39 is 5.91 Å². The molecule has 0 aliphatic rings. The fraction of sp³-hybridized carbons (Fsp3) is 0.0690. The first-order chi connectivity index (χ1) is 17.9. The number of carbonyl (C=O) groups is 1. The normalized spacial score (nSPS) is 10.6. The van der Waals surface area contributed by atoms with Gasteiger partial charge in [-0.1, -0.05) is 29.8 Å². The summed E-state index contributed by atoms with van der Waals surface area (Å²) in [4.78, 5) is 26.0. The van der Waals surface area contributed by atoms with Crippen LogP contribution in [0.4, 0.5) is 17.1 Å². The summed E-state index contributed by atoms with van der Waals surface area (Å²) in [7, 11) is 0. The van der Waals surface area contributed by atoms with E-state index in [1.54, 1.807) is 36.8 Å². The van der Waals surface area contributed by atoms with Gasteiger partial charge in [0.15, 0.2) is 0 Å². The van der Waals surface area contributed by atoms with Crippen LogP contribution in [0.15, 0.2) is 79.3 Å². The molecular weight excluding hydrogens is 484 g/mol. The van der Waals surface area contributed by atoms with Crippen LogP contribution in [0.1, 0.15) is 27.3 Å². The number of hydrogen-bond donors (Lipinski definition) is 2. The van der Waals surface area contributed by atoms with Crippen molar-refractivity contribution in [2.24, 2.45) is 0 Å². The Kier molecular flexibility index (Phi) is 6.50. The molecule has 0 bridgehead atoms. The Labute approximate surface area is 218 Å². The molecule has 2 N–H and O–H groups in total. The van der Waals surface area contributed by atoms with Crippen LogP contribution in [0.25, 0.3) is 22.0 Å². The van der Waals surface area contributed by atoms with Gasteiger partial charge in [-0.25, -0.2) is 9.97 Å². The molecule has 0 saturated carbocycles. The summed E-state index contributed by atoms with van der Waals surface area (Å²) in [5.74, 6) is -0.440. The minimum atomic E-state index is -0.440. The third-order valence-corrected chi connectivity index (χ3v) is 6.29. The Bertz CT molecular complexity index is 1680. The first kappa shape index (κ1) is 23.9. The molecule has 0 unspecified atom stereocenters. The molecule has 0 spiro atoms. The van der Waals surface area contributed by atoms with E-state index in [0.717, 1.165) is 33.3 Å². The van der Waals surface area contributed by atoms with E-state index in [1.165, 1.54) is 0 Å². The van der Waals surface area contributed by atoms with Crippen LogP contribution < -0.4 is 10.6 Å². The zero-order valence-corrected chi connectivity index (χ0v) is 20.8. The molecule has 0 aliphatic carbocycles. The van der Waals surface area contributed by atoms with Crippen molar-refractivity contribution in [2.45, 2.75) is 13.8 Å². The highest BCUT2D eigenvalue weighted by atomic mass is 35.5. The highest BCUT2D eigenvalue weighted by Crippen LogP contribution is 2.38. The van der Waals surface area contributed by atoms with E-state index >= 15 is 0 Å². The number of aryl methyl sites for hydroxylation is 2. The molecule has 0 fully saturated rings. The second kappa shape index (κ2) is 10.1. The highest BCUT2D eigenvalue weighted by molar-refractivity contribution is 6.38. The summed E-state index contributed by atoms with van der Waals surface area (Å²) in [5, 5.41) is 16.3. The average Bonchev–Trinajstić information content (AvgIpc) is 2.92. The topological polar surface area (TPSA) is 104 Å². The maximum absolute atomic E-state index is 13.2. The highest BCUT2D eigenvalue weighted by Gasteiger charge is 2.21. The van der Waals surface area contributed by atoms with E-state index in [1.807, 2.05) is 62.4 Å². The molecule has 180 valence electrons. The molecule has 5 aromatic rings. The molecule has 1 amide bonds. The molecule has 3 heterocycles. The summed E-state index contributed by atoms with van der Waals surface area (Å²) in [6.45, 7) is 4.02. The Morgan fingerprint density at radius 2 is 1.84 bits per heavy atom. The Hall–Kier alpha value is -4.80. The number of anilines is 3. The Morgan fingerprint density at radius 3 is 2.57 bits per heavy atom. The van der Waals surface area contributed by atoms with Gasteiger partial charge in [0.25, 0.3) is 5.91 Å². The molecular formula is C29H21ClN6O. The van der Waals surface area contributed by atoms with Crippen molar-refractivity contribution in [1.29, 1.82) is 5.26 Å². The molecule has 0 saturated heterocycles.